The number of thiophene rings is 1. The maximum Gasteiger partial charge on any atom is 0.416 e. The molecule has 1 aromatic heterocycles. The molecule has 0 amide bonds. The molecule has 2 rings (SSSR count). The van der Waals surface area contributed by atoms with E-state index in [0.717, 1.165) is 23.5 Å². The van der Waals surface area contributed by atoms with Gasteiger partial charge in [-0.1, -0.05) is 23.5 Å². The van der Waals surface area contributed by atoms with Crippen LogP contribution in [0.5, 0.6) is 0 Å². The lowest BCUT2D eigenvalue weighted by Gasteiger charge is -2.07. The SMILES string of the molecule is N#C/C(=C\c1ccc([N+](=O)[O-])s1)c1cccc(C(F)(F)F)c1. The van der Waals surface area contributed by atoms with Crippen LogP contribution < -0.4 is 0 Å². The number of nitriles is 1. The molecule has 0 N–H and O–H groups in total. The highest BCUT2D eigenvalue weighted by molar-refractivity contribution is 7.16. The number of hydrogen-bond donors (Lipinski definition) is 0. The molecule has 0 spiro atoms. The Bertz CT molecular complexity index is 788. The molecule has 0 fully saturated rings. The zero-order valence-corrected chi connectivity index (χ0v) is 11.6. The van der Waals surface area contributed by atoms with E-state index in [9.17, 15) is 23.3 Å². The molecule has 0 atom stereocenters. The predicted octanol–water partition coefficient (Wildman–Crippen LogP) is 4.74. The number of benzene rings is 1. The third-order valence-corrected chi connectivity index (χ3v) is 3.68. The Hall–Kier alpha value is -2.66. The minimum Gasteiger partial charge on any atom is -0.258 e. The Morgan fingerprint density at radius 1 is 1.32 bits per heavy atom. The van der Waals surface area contributed by atoms with Crippen LogP contribution in [-0.2, 0) is 6.18 Å². The van der Waals surface area contributed by atoms with Crippen molar-refractivity contribution in [2.24, 2.45) is 0 Å². The van der Waals surface area contributed by atoms with Gasteiger partial charge in [0.2, 0.25) is 0 Å². The van der Waals surface area contributed by atoms with E-state index in [4.69, 9.17) is 5.26 Å². The fraction of sp³-hybridized carbons (Fsp3) is 0.0714. The molecule has 22 heavy (non-hydrogen) atoms. The summed E-state index contributed by atoms with van der Waals surface area (Å²) in [4.78, 5) is 10.4. The zero-order valence-electron chi connectivity index (χ0n) is 10.8. The third kappa shape index (κ3) is 3.51. The number of allylic oxidation sites excluding steroid dienone is 1. The summed E-state index contributed by atoms with van der Waals surface area (Å²) in [7, 11) is 0. The van der Waals surface area contributed by atoms with Gasteiger partial charge < -0.3 is 0 Å². The summed E-state index contributed by atoms with van der Waals surface area (Å²) < 4.78 is 38.0. The molecule has 0 radical (unpaired) electrons. The maximum atomic E-state index is 12.7. The van der Waals surface area contributed by atoms with E-state index in [-0.39, 0.29) is 16.1 Å². The van der Waals surface area contributed by atoms with Gasteiger partial charge in [-0.2, -0.15) is 18.4 Å². The highest BCUT2D eigenvalue weighted by Gasteiger charge is 2.30. The zero-order chi connectivity index (χ0) is 16.3. The van der Waals surface area contributed by atoms with Crippen LogP contribution in [0.1, 0.15) is 16.0 Å². The number of nitro groups is 1. The lowest BCUT2D eigenvalue weighted by atomic mass is 10.0. The molecule has 112 valence electrons. The second-order valence-corrected chi connectivity index (χ2v) is 5.28. The number of alkyl halides is 3. The van der Waals surface area contributed by atoms with Gasteiger partial charge >= 0.3 is 11.2 Å². The Labute approximate surface area is 126 Å². The third-order valence-electron chi connectivity index (χ3n) is 2.70. The normalized spacial score (nSPS) is 12.0. The van der Waals surface area contributed by atoms with Gasteiger partial charge in [-0.05, 0) is 29.8 Å². The van der Waals surface area contributed by atoms with Crippen molar-refractivity contribution in [3.8, 4) is 6.07 Å². The van der Waals surface area contributed by atoms with Crippen molar-refractivity contribution in [2.75, 3.05) is 0 Å². The first kappa shape index (κ1) is 15.7. The van der Waals surface area contributed by atoms with Crippen LogP contribution in [0.4, 0.5) is 18.2 Å². The summed E-state index contributed by atoms with van der Waals surface area (Å²) >= 11 is 0.840. The van der Waals surface area contributed by atoms with Gasteiger partial charge in [0, 0.05) is 10.9 Å². The van der Waals surface area contributed by atoms with E-state index in [1.165, 1.54) is 30.3 Å². The molecule has 4 nitrogen and oxygen atoms in total. The minimum absolute atomic E-state index is 0.00264. The first-order valence-corrected chi connectivity index (χ1v) is 6.66. The Kier molecular flexibility index (Phi) is 4.28. The van der Waals surface area contributed by atoms with Crippen molar-refractivity contribution >= 4 is 28.0 Å². The molecular weight excluding hydrogens is 317 g/mol. The summed E-state index contributed by atoms with van der Waals surface area (Å²) in [5.74, 6) is 0. The van der Waals surface area contributed by atoms with Crippen molar-refractivity contribution in [1.29, 1.82) is 5.26 Å². The van der Waals surface area contributed by atoms with Crippen molar-refractivity contribution in [1.82, 2.24) is 0 Å². The van der Waals surface area contributed by atoms with E-state index in [1.807, 2.05) is 6.07 Å². The number of nitrogens with zero attached hydrogens (tertiary/aromatic N) is 2. The molecule has 0 saturated heterocycles. The largest absolute Gasteiger partial charge is 0.416 e. The Morgan fingerprint density at radius 3 is 2.59 bits per heavy atom. The molecular formula is C14H7F3N2O2S. The van der Waals surface area contributed by atoms with E-state index >= 15 is 0 Å². The molecule has 0 unspecified atom stereocenters. The first-order valence-electron chi connectivity index (χ1n) is 5.85. The van der Waals surface area contributed by atoms with Crippen molar-refractivity contribution in [2.45, 2.75) is 6.18 Å². The minimum atomic E-state index is -4.50. The van der Waals surface area contributed by atoms with Gasteiger partial charge in [-0.25, -0.2) is 0 Å². The van der Waals surface area contributed by atoms with Crippen LogP contribution in [0, 0.1) is 21.4 Å². The highest BCUT2D eigenvalue weighted by Crippen LogP contribution is 2.32. The summed E-state index contributed by atoms with van der Waals surface area (Å²) in [5, 5.41) is 19.6. The van der Waals surface area contributed by atoms with Crippen LogP contribution in [0.25, 0.3) is 11.6 Å². The molecule has 0 aliphatic rings. The summed E-state index contributed by atoms with van der Waals surface area (Å²) in [6, 6.07) is 8.90. The summed E-state index contributed by atoms with van der Waals surface area (Å²) in [6.45, 7) is 0. The van der Waals surface area contributed by atoms with Crippen LogP contribution in [-0.4, -0.2) is 4.92 Å². The molecule has 1 heterocycles. The van der Waals surface area contributed by atoms with Crippen molar-refractivity contribution in [3.63, 3.8) is 0 Å². The van der Waals surface area contributed by atoms with Gasteiger partial charge in [0.1, 0.15) is 0 Å². The molecule has 0 bridgehead atoms. The smallest absolute Gasteiger partial charge is 0.258 e. The Balaban J connectivity index is 2.41. The number of halogens is 3. The lowest BCUT2D eigenvalue weighted by molar-refractivity contribution is -0.380. The van der Waals surface area contributed by atoms with Crippen molar-refractivity contribution in [3.05, 3.63) is 62.5 Å². The van der Waals surface area contributed by atoms with E-state index < -0.39 is 16.7 Å². The molecule has 1 aromatic carbocycles. The average molecular weight is 324 g/mol. The van der Waals surface area contributed by atoms with Crippen LogP contribution in [0.3, 0.4) is 0 Å². The molecule has 2 aromatic rings. The number of rotatable bonds is 3. The summed E-state index contributed by atoms with van der Waals surface area (Å²) in [5.41, 5.74) is -0.750. The maximum absolute atomic E-state index is 12.7. The second-order valence-electron chi connectivity index (χ2n) is 4.18. The monoisotopic (exact) mass is 324 g/mol. The fourth-order valence-electron chi connectivity index (χ4n) is 1.70. The molecule has 8 heteroatoms. The van der Waals surface area contributed by atoms with Crippen LogP contribution in [0.2, 0.25) is 0 Å². The van der Waals surface area contributed by atoms with Gasteiger partial charge in [0.15, 0.2) is 0 Å². The quantitative estimate of drug-likeness (QED) is 0.465. The first-order chi connectivity index (χ1) is 10.3. The van der Waals surface area contributed by atoms with Crippen molar-refractivity contribution < 1.29 is 18.1 Å². The standard InChI is InChI=1S/C14H7F3N2O2S/c15-14(16,17)11-3-1-2-9(6-11)10(8-18)7-12-4-5-13(22-12)19(20)21/h1-7H/b10-7+. The topological polar surface area (TPSA) is 66.9 Å². The van der Waals surface area contributed by atoms with Crippen LogP contribution >= 0.6 is 11.3 Å². The lowest BCUT2D eigenvalue weighted by Crippen LogP contribution is -2.04. The van der Waals surface area contributed by atoms with E-state index in [1.54, 1.807) is 0 Å². The second kappa shape index (κ2) is 5.99. The van der Waals surface area contributed by atoms with E-state index in [0.29, 0.717) is 4.88 Å². The van der Waals surface area contributed by atoms with E-state index in [2.05, 4.69) is 0 Å². The van der Waals surface area contributed by atoms with Gasteiger partial charge in [-0.15, -0.1) is 0 Å². The summed E-state index contributed by atoms with van der Waals surface area (Å²) in [6.07, 6.45) is -3.18. The average Bonchev–Trinajstić information content (AvgIpc) is 2.93. The highest BCUT2D eigenvalue weighted by atomic mass is 32.1. The van der Waals surface area contributed by atoms with Gasteiger partial charge in [0.25, 0.3) is 0 Å². The van der Waals surface area contributed by atoms with Crippen LogP contribution in [0.15, 0.2) is 36.4 Å². The Morgan fingerprint density at radius 2 is 2.05 bits per heavy atom. The van der Waals surface area contributed by atoms with Gasteiger partial charge in [-0.3, -0.25) is 10.1 Å². The molecule has 0 saturated carbocycles. The van der Waals surface area contributed by atoms with Gasteiger partial charge in [0.05, 0.1) is 22.1 Å². The fourth-order valence-corrected chi connectivity index (χ4v) is 2.47. The predicted molar refractivity (Wildman–Crippen MR) is 75.9 cm³/mol. The molecule has 0 aliphatic carbocycles. The molecule has 0 aliphatic heterocycles. The number of hydrogen-bond acceptors (Lipinski definition) is 4.